The smallest absolute Gasteiger partial charge is 0.276 e. The standard InChI is InChI=1S/C12H13FN4O/c13-9-3-1-2-8(6-9)4-5-15-11-10(14)12(18)17-7-16-11/h1-3,6-7H,4-5,14H2,(H2,15,16,17,18). The number of H-pyrrole nitrogens is 1. The largest absolute Gasteiger partial charge is 0.391 e. The van der Waals surface area contributed by atoms with Gasteiger partial charge in [0.1, 0.15) is 11.5 Å². The molecular weight excluding hydrogens is 235 g/mol. The fourth-order valence-corrected chi connectivity index (χ4v) is 1.57. The number of nitrogens with one attached hydrogen (secondary N) is 2. The predicted octanol–water partition coefficient (Wildman–Crippen LogP) is 1.15. The first kappa shape index (κ1) is 12.1. The van der Waals surface area contributed by atoms with Crippen LogP contribution in [0.4, 0.5) is 15.9 Å². The number of hydrogen-bond donors (Lipinski definition) is 3. The molecule has 6 heteroatoms. The van der Waals surface area contributed by atoms with Crippen LogP contribution in [-0.2, 0) is 6.42 Å². The lowest BCUT2D eigenvalue weighted by atomic mass is 10.1. The molecule has 0 amide bonds. The lowest BCUT2D eigenvalue weighted by Gasteiger charge is -2.07. The Hall–Kier alpha value is -2.37. The van der Waals surface area contributed by atoms with Gasteiger partial charge >= 0.3 is 0 Å². The molecule has 0 aliphatic heterocycles. The van der Waals surface area contributed by atoms with E-state index in [1.807, 2.05) is 6.07 Å². The molecular formula is C12H13FN4O. The third kappa shape index (κ3) is 2.85. The lowest BCUT2D eigenvalue weighted by Crippen LogP contribution is -2.17. The monoisotopic (exact) mass is 248 g/mol. The van der Waals surface area contributed by atoms with Gasteiger partial charge < -0.3 is 16.0 Å². The van der Waals surface area contributed by atoms with Crippen molar-refractivity contribution in [2.24, 2.45) is 0 Å². The summed E-state index contributed by atoms with van der Waals surface area (Å²) in [6.07, 6.45) is 1.90. The Labute approximate surface area is 103 Å². The predicted molar refractivity (Wildman–Crippen MR) is 67.9 cm³/mol. The van der Waals surface area contributed by atoms with Crippen molar-refractivity contribution < 1.29 is 4.39 Å². The first-order valence-corrected chi connectivity index (χ1v) is 5.48. The summed E-state index contributed by atoms with van der Waals surface area (Å²) in [6.45, 7) is 0.518. The molecule has 0 spiro atoms. The maximum atomic E-state index is 12.9. The molecule has 2 rings (SSSR count). The molecule has 0 aliphatic carbocycles. The van der Waals surface area contributed by atoms with Gasteiger partial charge in [0.2, 0.25) is 0 Å². The van der Waals surface area contributed by atoms with E-state index in [1.165, 1.54) is 18.5 Å². The zero-order chi connectivity index (χ0) is 13.0. The Kier molecular flexibility index (Phi) is 3.57. The molecule has 2 aromatic rings. The van der Waals surface area contributed by atoms with Crippen LogP contribution in [0.3, 0.4) is 0 Å². The van der Waals surface area contributed by atoms with E-state index in [-0.39, 0.29) is 17.1 Å². The highest BCUT2D eigenvalue weighted by Crippen LogP contribution is 2.08. The minimum Gasteiger partial charge on any atom is -0.391 e. The molecule has 0 radical (unpaired) electrons. The molecule has 1 aromatic heterocycles. The number of anilines is 2. The molecule has 4 N–H and O–H groups in total. The van der Waals surface area contributed by atoms with Gasteiger partial charge in [-0.3, -0.25) is 4.79 Å². The van der Waals surface area contributed by atoms with Crippen LogP contribution >= 0.6 is 0 Å². The van der Waals surface area contributed by atoms with E-state index >= 15 is 0 Å². The Balaban J connectivity index is 1.97. The molecule has 0 bridgehead atoms. The molecule has 0 aliphatic rings. The summed E-state index contributed by atoms with van der Waals surface area (Å²) in [4.78, 5) is 17.5. The number of halogens is 1. The lowest BCUT2D eigenvalue weighted by molar-refractivity contribution is 0.625. The number of nitrogens with two attached hydrogens (primary N) is 1. The number of aromatic amines is 1. The number of nitrogen functional groups attached to an aromatic ring is 1. The van der Waals surface area contributed by atoms with Crippen LogP contribution in [0.2, 0.25) is 0 Å². The van der Waals surface area contributed by atoms with E-state index in [4.69, 9.17) is 5.73 Å². The van der Waals surface area contributed by atoms with Crippen LogP contribution < -0.4 is 16.6 Å². The van der Waals surface area contributed by atoms with E-state index in [9.17, 15) is 9.18 Å². The quantitative estimate of drug-likeness (QED) is 0.757. The van der Waals surface area contributed by atoms with Crippen LogP contribution in [0.15, 0.2) is 35.4 Å². The van der Waals surface area contributed by atoms with Crippen molar-refractivity contribution in [3.8, 4) is 0 Å². The Morgan fingerprint density at radius 1 is 1.44 bits per heavy atom. The molecule has 0 saturated carbocycles. The van der Waals surface area contributed by atoms with Crippen LogP contribution in [0.5, 0.6) is 0 Å². The summed E-state index contributed by atoms with van der Waals surface area (Å²) in [7, 11) is 0. The van der Waals surface area contributed by atoms with Crippen molar-refractivity contribution in [3.63, 3.8) is 0 Å². The second-order valence-electron chi connectivity index (χ2n) is 3.80. The van der Waals surface area contributed by atoms with Crippen LogP contribution in [0.25, 0.3) is 0 Å². The molecule has 5 nitrogen and oxygen atoms in total. The van der Waals surface area contributed by atoms with E-state index < -0.39 is 0 Å². The molecule has 0 fully saturated rings. The fourth-order valence-electron chi connectivity index (χ4n) is 1.57. The number of benzene rings is 1. The van der Waals surface area contributed by atoms with Gasteiger partial charge in [0.05, 0.1) is 6.33 Å². The molecule has 18 heavy (non-hydrogen) atoms. The summed E-state index contributed by atoms with van der Waals surface area (Å²) < 4.78 is 12.9. The minimum atomic E-state index is -0.377. The van der Waals surface area contributed by atoms with Gasteiger partial charge in [0, 0.05) is 6.54 Å². The van der Waals surface area contributed by atoms with E-state index in [1.54, 1.807) is 6.07 Å². The molecule has 1 aromatic carbocycles. The highest BCUT2D eigenvalue weighted by molar-refractivity contribution is 5.58. The van der Waals surface area contributed by atoms with E-state index in [2.05, 4.69) is 15.3 Å². The van der Waals surface area contributed by atoms with Crippen molar-refractivity contribution in [2.45, 2.75) is 6.42 Å². The number of nitrogens with zero attached hydrogens (tertiary/aromatic N) is 1. The topological polar surface area (TPSA) is 83.8 Å². The Bertz CT molecular complexity index is 597. The first-order valence-electron chi connectivity index (χ1n) is 5.48. The summed E-state index contributed by atoms with van der Waals surface area (Å²) in [5, 5.41) is 2.94. The van der Waals surface area contributed by atoms with Gasteiger partial charge in [-0.25, -0.2) is 9.37 Å². The maximum absolute atomic E-state index is 12.9. The molecule has 0 atom stereocenters. The third-order valence-electron chi connectivity index (χ3n) is 2.48. The number of rotatable bonds is 4. The fraction of sp³-hybridized carbons (Fsp3) is 0.167. The second-order valence-corrected chi connectivity index (χ2v) is 3.80. The Morgan fingerprint density at radius 2 is 2.28 bits per heavy atom. The van der Waals surface area contributed by atoms with Crippen molar-refractivity contribution >= 4 is 11.5 Å². The van der Waals surface area contributed by atoms with Crippen molar-refractivity contribution in [1.29, 1.82) is 0 Å². The molecule has 0 saturated heterocycles. The molecule has 1 heterocycles. The van der Waals surface area contributed by atoms with Gasteiger partial charge in [-0.05, 0) is 24.1 Å². The van der Waals surface area contributed by atoms with Crippen molar-refractivity contribution in [2.75, 3.05) is 17.6 Å². The number of hydrogen-bond acceptors (Lipinski definition) is 4. The second kappa shape index (κ2) is 5.31. The van der Waals surface area contributed by atoms with Crippen LogP contribution in [0.1, 0.15) is 5.56 Å². The van der Waals surface area contributed by atoms with E-state index in [0.717, 1.165) is 5.56 Å². The minimum absolute atomic E-state index is 0.0525. The van der Waals surface area contributed by atoms with Crippen molar-refractivity contribution in [3.05, 3.63) is 52.3 Å². The maximum Gasteiger partial charge on any atom is 0.276 e. The van der Waals surface area contributed by atoms with Gasteiger partial charge in [-0.2, -0.15) is 0 Å². The average molecular weight is 248 g/mol. The third-order valence-corrected chi connectivity index (χ3v) is 2.48. The summed E-state index contributed by atoms with van der Waals surface area (Å²) in [5.74, 6) is 0.0800. The number of aromatic nitrogens is 2. The van der Waals surface area contributed by atoms with E-state index in [0.29, 0.717) is 18.8 Å². The van der Waals surface area contributed by atoms with Gasteiger partial charge in [-0.1, -0.05) is 12.1 Å². The van der Waals surface area contributed by atoms with Crippen LogP contribution in [-0.4, -0.2) is 16.5 Å². The molecule has 94 valence electrons. The summed E-state index contributed by atoms with van der Waals surface area (Å²) in [6, 6.07) is 6.35. The van der Waals surface area contributed by atoms with Gasteiger partial charge in [0.15, 0.2) is 5.82 Å². The first-order chi connectivity index (χ1) is 8.66. The normalized spacial score (nSPS) is 10.3. The zero-order valence-electron chi connectivity index (χ0n) is 9.61. The highest BCUT2D eigenvalue weighted by Gasteiger charge is 2.03. The van der Waals surface area contributed by atoms with Gasteiger partial charge in [-0.15, -0.1) is 0 Å². The average Bonchev–Trinajstić information content (AvgIpc) is 2.35. The van der Waals surface area contributed by atoms with Gasteiger partial charge in [0.25, 0.3) is 5.56 Å². The Morgan fingerprint density at radius 3 is 3.06 bits per heavy atom. The highest BCUT2D eigenvalue weighted by atomic mass is 19.1. The van der Waals surface area contributed by atoms with Crippen LogP contribution in [0, 0.1) is 5.82 Å². The SMILES string of the molecule is Nc1c(NCCc2cccc(F)c2)nc[nH]c1=O. The zero-order valence-corrected chi connectivity index (χ0v) is 9.61. The molecule has 0 unspecified atom stereocenters. The van der Waals surface area contributed by atoms with Crippen molar-refractivity contribution in [1.82, 2.24) is 9.97 Å². The summed E-state index contributed by atoms with van der Waals surface area (Å²) >= 11 is 0. The summed E-state index contributed by atoms with van der Waals surface area (Å²) in [5.41, 5.74) is 6.10.